The van der Waals surface area contributed by atoms with Gasteiger partial charge in [0.2, 0.25) is 0 Å². The van der Waals surface area contributed by atoms with Gasteiger partial charge in [0.1, 0.15) is 11.6 Å². The zero-order valence-corrected chi connectivity index (χ0v) is 40.0. The summed E-state index contributed by atoms with van der Waals surface area (Å²) in [6.45, 7) is 16.8. The van der Waals surface area contributed by atoms with Gasteiger partial charge in [-0.3, -0.25) is 4.98 Å². The predicted octanol–water partition coefficient (Wildman–Crippen LogP) is 13.5. The third-order valence-electron chi connectivity index (χ3n) is 11.0. The van der Waals surface area contributed by atoms with Crippen molar-refractivity contribution in [1.82, 2.24) is 14.5 Å². The van der Waals surface area contributed by atoms with Crippen molar-refractivity contribution in [3.05, 3.63) is 155 Å². The first kappa shape index (κ1) is 41.8. The Morgan fingerprint density at radius 3 is 2.07 bits per heavy atom. The van der Waals surface area contributed by atoms with E-state index < -0.39 is 19.2 Å². The molecule has 3 heterocycles. The molecule has 7 aromatic rings. The standard InChI is InChI=1S/C34H32FN2O.C17H22GeN.Ir/c1-20(2)24-18-22(35)19-25(21(3)4)31(24)37-29-16-9-8-15-28(29)36-33(37)23-12-11-14-27-32(23)38-30-17-10-7-13-26(30)34(27,5)6;1-13(2)15-11-17(14-9-7-6-8-10-14)19-12-16(15)18(3,4)5;/h7-11,13-21H,1-6H3;6-9,11-13H,1-5H3;/q2*-1;/i;13D;. The van der Waals surface area contributed by atoms with E-state index in [1.165, 1.54) is 4.40 Å². The number of ether oxygens (including phenoxy) is 1. The maximum absolute atomic E-state index is 14.9. The molecule has 0 N–H and O–H groups in total. The van der Waals surface area contributed by atoms with Crippen LogP contribution in [-0.4, -0.2) is 27.8 Å². The van der Waals surface area contributed by atoms with E-state index in [1.807, 2.05) is 80.7 Å². The van der Waals surface area contributed by atoms with Gasteiger partial charge in [0, 0.05) is 42.5 Å². The van der Waals surface area contributed by atoms with Crippen LogP contribution in [0, 0.1) is 17.9 Å². The van der Waals surface area contributed by atoms with Gasteiger partial charge < -0.3 is 9.30 Å². The number of halogens is 1. The van der Waals surface area contributed by atoms with Crippen LogP contribution < -0.4 is 9.13 Å². The van der Waals surface area contributed by atoms with Gasteiger partial charge in [-0.1, -0.05) is 83.0 Å². The molecule has 1 aliphatic rings. The smallest absolute Gasteiger partial charge is 0 e. The monoisotopic (exact) mass is 1010 g/mol. The summed E-state index contributed by atoms with van der Waals surface area (Å²) in [6.07, 6.45) is 2.00. The summed E-state index contributed by atoms with van der Waals surface area (Å²) >= 11 is -2.03. The molecule has 0 saturated heterocycles. The normalized spacial score (nSPS) is 13.5. The molecule has 0 atom stereocenters. The van der Waals surface area contributed by atoms with Crippen molar-refractivity contribution in [2.75, 3.05) is 0 Å². The van der Waals surface area contributed by atoms with E-state index in [4.69, 9.17) is 11.1 Å². The second-order valence-corrected chi connectivity index (χ2v) is 28.0. The van der Waals surface area contributed by atoms with E-state index in [9.17, 15) is 4.39 Å². The van der Waals surface area contributed by atoms with E-state index in [-0.39, 0.29) is 43.2 Å². The fourth-order valence-corrected chi connectivity index (χ4v) is 11.3. The first-order chi connectivity index (χ1) is 27.4. The first-order valence-corrected chi connectivity index (χ1v) is 27.3. The Bertz CT molecular complexity index is 2590. The Balaban J connectivity index is 0.000000236. The van der Waals surface area contributed by atoms with Gasteiger partial charge in [-0.05, 0) is 53.3 Å². The average Bonchev–Trinajstić information content (AvgIpc) is 3.56. The van der Waals surface area contributed by atoms with Crippen LogP contribution in [0.5, 0.6) is 11.5 Å². The van der Waals surface area contributed by atoms with Crippen molar-refractivity contribution >= 4 is 28.7 Å². The first-order valence-electron chi connectivity index (χ1n) is 20.5. The molecule has 0 spiro atoms. The summed E-state index contributed by atoms with van der Waals surface area (Å²) in [4.78, 5) is 9.77. The third kappa shape index (κ3) is 8.26. The Morgan fingerprint density at radius 2 is 1.43 bits per heavy atom. The van der Waals surface area contributed by atoms with E-state index >= 15 is 0 Å². The molecule has 0 aliphatic carbocycles. The molecule has 0 saturated carbocycles. The maximum Gasteiger partial charge on any atom is 0 e. The van der Waals surface area contributed by atoms with Crippen molar-refractivity contribution in [2.45, 2.75) is 95.8 Å². The fourth-order valence-electron chi connectivity index (χ4n) is 7.94. The van der Waals surface area contributed by atoms with Crippen molar-refractivity contribution in [2.24, 2.45) is 0 Å². The van der Waals surface area contributed by atoms with E-state index in [0.29, 0.717) is 0 Å². The number of rotatable bonds is 7. The van der Waals surface area contributed by atoms with Crippen LogP contribution >= 0.6 is 0 Å². The van der Waals surface area contributed by atoms with Crippen molar-refractivity contribution in [3.8, 4) is 39.8 Å². The summed E-state index contributed by atoms with van der Waals surface area (Å²) in [5.41, 5.74) is 10.6. The summed E-state index contributed by atoms with van der Waals surface area (Å²) in [5, 5.41) is 0. The van der Waals surface area contributed by atoms with Crippen molar-refractivity contribution in [1.29, 1.82) is 0 Å². The molecule has 58 heavy (non-hydrogen) atoms. The molecule has 1 aliphatic heterocycles. The molecule has 2 aromatic heterocycles. The summed E-state index contributed by atoms with van der Waals surface area (Å²) in [5.74, 6) is 8.83. The summed E-state index contributed by atoms with van der Waals surface area (Å²) in [7, 11) is 0. The molecule has 0 unspecified atom stereocenters. The molecule has 1 radical (unpaired) electrons. The quantitative estimate of drug-likeness (QED) is 0.118. The summed E-state index contributed by atoms with van der Waals surface area (Å²) in [6, 6.07) is 40.4. The van der Waals surface area contributed by atoms with Crippen molar-refractivity contribution < 1.29 is 30.6 Å². The maximum atomic E-state index is 14.9. The van der Waals surface area contributed by atoms with Gasteiger partial charge in [0.25, 0.3) is 0 Å². The topological polar surface area (TPSA) is 39.9 Å². The SMILES string of the molecule is CC(C)c1cc(F)cc(C(C)C)c1-n1c(-c2[c-]ccc3c2Oc2ccccc2C3(C)C)nc2ccccc21.[2H]C(C)(C)c1cc(-c2[c-]cccc2)nc[c]1[Ge]([CH3])([CH3])[CH3].[Ir]. The molecular weight excluding hydrogens is 954 g/mol. The minimum absolute atomic E-state index is 0. The van der Waals surface area contributed by atoms with E-state index in [1.54, 1.807) is 12.1 Å². The third-order valence-corrected chi connectivity index (χ3v) is 15.2. The second-order valence-electron chi connectivity index (χ2n) is 17.5. The Labute approximate surface area is 362 Å². The van der Waals surface area contributed by atoms with Crippen LogP contribution in [0.1, 0.15) is 102 Å². The molecule has 5 aromatic carbocycles. The number of pyridine rings is 1. The Hall–Kier alpha value is -4.36. The van der Waals surface area contributed by atoms with Crippen LogP contribution in [0.15, 0.2) is 109 Å². The molecule has 0 amide bonds. The number of hydrogen-bond acceptors (Lipinski definition) is 3. The van der Waals surface area contributed by atoms with Gasteiger partial charge in [0.15, 0.2) is 0 Å². The second kappa shape index (κ2) is 17.1. The Kier molecular flexibility index (Phi) is 12.3. The molecule has 7 heteroatoms. The molecule has 0 fully saturated rings. The minimum atomic E-state index is -2.03. The molecule has 8 rings (SSSR count). The zero-order valence-electron chi connectivity index (χ0n) is 36.5. The minimum Gasteiger partial charge on any atom is 0 e. The van der Waals surface area contributed by atoms with Crippen LogP contribution in [-0.2, 0) is 25.5 Å². The van der Waals surface area contributed by atoms with Gasteiger partial charge >= 0.3 is 120 Å². The van der Waals surface area contributed by atoms with Gasteiger partial charge in [-0.2, -0.15) is 0 Å². The van der Waals surface area contributed by atoms with Crippen LogP contribution in [0.25, 0.3) is 39.4 Å². The number of benzene rings is 5. The number of hydrogen-bond donors (Lipinski definition) is 0. The summed E-state index contributed by atoms with van der Waals surface area (Å²) < 4.78 is 33.5. The Morgan fingerprint density at radius 1 is 0.776 bits per heavy atom. The van der Waals surface area contributed by atoms with E-state index in [2.05, 4.69) is 111 Å². The molecule has 4 nitrogen and oxygen atoms in total. The largest absolute Gasteiger partial charge is 0 e. The number of para-hydroxylation sites is 3. The molecule has 0 bridgehead atoms. The zero-order chi connectivity index (χ0) is 41.7. The van der Waals surface area contributed by atoms with Crippen molar-refractivity contribution in [3.63, 3.8) is 0 Å². The molecule has 301 valence electrons. The van der Waals surface area contributed by atoms with Gasteiger partial charge in [0.05, 0.1) is 16.9 Å². The fraction of sp³-hybridized carbons (Fsp3) is 0.294. The average molecular weight is 1010 g/mol. The number of imidazole rings is 1. The van der Waals surface area contributed by atoms with Gasteiger partial charge in [-0.25, -0.2) is 4.39 Å². The predicted molar refractivity (Wildman–Crippen MR) is 238 cm³/mol. The number of aromatic nitrogens is 3. The van der Waals surface area contributed by atoms with E-state index in [0.717, 1.165) is 78.7 Å². The van der Waals surface area contributed by atoms with Crippen LogP contribution in [0.4, 0.5) is 4.39 Å². The van der Waals surface area contributed by atoms with Crippen LogP contribution in [0.3, 0.4) is 0 Å². The number of nitrogens with zero attached hydrogens (tertiary/aromatic N) is 3. The van der Waals surface area contributed by atoms with Gasteiger partial charge in [-0.15, -0.1) is 18.2 Å². The van der Waals surface area contributed by atoms with Crippen LogP contribution in [0.2, 0.25) is 17.3 Å². The molecular formula is C51H54FGeIrN3O-2. The number of fused-ring (bicyclic) bond motifs is 3.